The fourth-order valence-electron chi connectivity index (χ4n) is 10.0. The number of rotatable bonds is 59. The van der Waals surface area contributed by atoms with Gasteiger partial charge in [-0.1, -0.05) is 272 Å². The molecule has 0 saturated heterocycles. The van der Waals surface area contributed by atoms with Crippen LogP contribution in [0.15, 0.2) is 0 Å². The normalized spacial score (nSPS) is 11.5. The molecule has 0 aliphatic rings. The number of hydrogen-bond acceptors (Lipinski definition) is 8. The monoisotopic (exact) mass is 1020 g/mol. The summed E-state index contributed by atoms with van der Waals surface area (Å²) in [5.41, 5.74) is 0. The van der Waals surface area contributed by atoms with E-state index in [0.717, 1.165) is 64.2 Å². The first-order chi connectivity index (χ1) is 35.4. The summed E-state index contributed by atoms with van der Waals surface area (Å²) < 4.78 is 22.8. The number of ether oxygens (including phenoxy) is 4. The molecule has 426 valence electrons. The number of carbonyl (C=O) groups excluding carboxylic acids is 4. The molecular formula is C64H122O8. The number of carbonyl (C=O) groups is 4. The maximum absolute atomic E-state index is 13.0. The van der Waals surface area contributed by atoms with Gasteiger partial charge in [-0.3, -0.25) is 19.2 Å². The van der Waals surface area contributed by atoms with Crippen LogP contribution in [0.5, 0.6) is 0 Å². The fourth-order valence-corrected chi connectivity index (χ4v) is 10.0. The Hall–Kier alpha value is -2.12. The Balaban J connectivity index is 5.23. The third-order valence-corrected chi connectivity index (χ3v) is 15.1. The van der Waals surface area contributed by atoms with Crippen LogP contribution in [0.1, 0.15) is 349 Å². The maximum atomic E-state index is 13.0. The predicted molar refractivity (Wildman–Crippen MR) is 304 cm³/mol. The number of esters is 4. The van der Waals surface area contributed by atoms with E-state index in [2.05, 4.69) is 27.7 Å². The molecule has 0 atom stereocenters. The first-order valence-corrected chi connectivity index (χ1v) is 32.0. The molecule has 0 saturated carbocycles. The van der Waals surface area contributed by atoms with Gasteiger partial charge in [-0.2, -0.15) is 0 Å². The molecule has 72 heavy (non-hydrogen) atoms. The van der Waals surface area contributed by atoms with E-state index in [1.54, 1.807) is 0 Å². The quantitative estimate of drug-likeness (QED) is 0.0337. The molecule has 0 rings (SSSR count). The first kappa shape index (κ1) is 69.9. The second-order valence-electron chi connectivity index (χ2n) is 22.1. The van der Waals surface area contributed by atoms with Gasteiger partial charge in [0, 0.05) is 25.7 Å². The van der Waals surface area contributed by atoms with Crippen LogP contribution in [0.3, 0.4) is 0 Å². The summed E-state index contributed by atoms with van der Waals surface area (Å²) in [6, 6.07) is 0. The van der Waals surface area contributed by atoms with Crippen molar-refractivity contribution in [2.75, 3.05) is 26.4 Å². The Bertz CT molecular complexity index is 985. The SMILES string of the molecule is CCCCCCCCCCCCOC(=O)CCC(CCC(=O)OCCCCCCCCCCCC)CCC(CCC(=O)OCCCCCCCCCCCC)CCC(=O)OCCCCCCCCCCCC. The lowest BCUT2D eigenvalue weighted by Crippen LogP contribution is -2.15. The van der Waals surface area contributed by atoms with Gasteiger partial charge in [0.2, 0.25) is 0 Å². The van der Waals surface area contributed by atoms with Crippen molar-refractivity contribution in [3.05, 3.63) is 0 Å². The van der Waals surface area contributed by atoms with Gasteiger partial charge >= 0.3 is 23.9 Å². The minimum absolute atomic E-state index is 0.133. The van der Waals surface area contributed by atoms with E-state index in [1.165, 1.54) is 205 Å². The van der Waals surface area contributed by atoms with Crippen molar-refractivity contribution in [2.24, 2.45) is 11.8 Å². The highest BCUT2D eigenvalue weighted by Gasteiger charge is 2.20. The topological polar surface area (TPSA) is 105 Å². The Morgan fingerprint density at radius 3 is 0.542 bits per heavy atom. The predicted octanol–water partition coefficient (Wildman–Crippen LogP) is 20.0. The summed E-state index contributed by atoms with van der Waals surface area (Å²) >= 11 is 0. The van der Waals surface area contributed by atoms with E-state index in [0.29, 0.717) is 77.8 Å². The summed E-state index contributed by atoms with van der Waals surface area (Å²) in [5.74, 6) is -0.377. The van der Waals surface area contributed by atoms with Crippen molar-refractivity contribution in [1.29, 1.82) is 0 Å². The average molecular weight is 1020 g/mol. The highest BCUT2D eigenvalue weighted by Crippen LogP contribution is 2.28. The molecule has 0 N–H and O–H groups in total. The molecule has 0 aromatic carbocycles. The van der Waals surface area contributed by atoms with Crippen molar-refractivity contribution in [3.63, 3.8) is 0 Å². The zero-order valence-corrected chi connectivity index (χ0v) is 48.6. The first-order valence-electron chi connectivity index (χ1n) is 32.0. The zero-order chi connectivity index (χ0) is 52.5. The highest BCUT2D eigenvalue weighted by atomic mass is 16.5. The van der Waals surface area contributed by atoms with Gasteiger partial charge in [-0.05, 0) is 63.2 Å². The van der Waals surface area contributed by atoms with Crippen molar-refractivity contribution in [3.8, 4) is 0 Å². The van der Waals surface area contributed by atoms with Gasteiger partial charge in [-0.25, -0.2) is 0 Å². The molecule has 0 radical (unpaired) electrons. The van der Waals surface area contributed by atoms with E-state index in [-0.39, 0.29) is 35.7 Å². The highest BCUT2D eigenvalue weighted by molar-refractivity contribution is 5.70. The lowest BCUT2D eigenvalue weighted by molar-refractivity contribution is -0.146. The third-order valence-electron chi connectivity index (χ3n) is 15.1. The molecule has 0 spiro atoms. The van der Waals surface area contributed by atoms with E-state index in [9.17, 15) is 19.2 Å². The van der Waals surface area contributed by atoms with Crippen LogP contribution in [0, 0.1) is 11.8 Å². The molecule has 0 aliphatic carbocycles. The second kappa shape index (κ2) is 58.1. The molecule has 0 aromatic heterocycles. The molecule has 0 aromatic rings. The average Bonchev–Trinajstić information content (AvgIpc) is 3.38. The standard InChI is InChI=1S/C64H122O8/c1-5-9-13-17-21-25-29-33-37-41-55-69-61(65)51-47-59(48-52-62(66)70-56-42-38-34-30-26-22-18-14-10-6-2)45-46-60(49-53-63(67)71-57-43-39-35-31-27-23-19-15-11-7-3)50-54-64(68)72-58-44-40-36-32-28-24-20-16-12-8-4/h59-60H,5-58H2,1-4H3. The van der Waals surface area contributed by atoms with Gasteiger partial charge < -0.3 is 18.9 Å². The van der Waals surface area contributed by atoms with Crippen LogP contribution in [-0.4, -0.2) is 50.3 Å². The minimum Gasteiger partial charge on any atom is -0.466 e. The lowest BCUT2D eigenvalue weighted by Gasteiger charge is -2.21. The molecule has 0 fully saturated rings. The van der Waals surface area contributed by atoms with Crippen molar-refractivity contribution < 1.29 is 38.1 Å². The van der Waals surface area contributed by atoms with Crippen LogP contribution < -0.4 is 0 Å². The second-order valence-corrected chi connectivity index (χ2v) is 22.1. The van der Waals surface area contributed by atoms with E-state index in [1.807, 2.05) is 0 Å². The molecule has 0 aliphatic heterocycles. The number of unbranched alkanes of at least 4 members (excludes halogenated alkanes) is 36. The van der Waals surface area contributed by atoms with Gasteiger partial charge in [-0.15, -0.1) is 0 Å². The third kappa shape index (κ3) is 54.2. The van der Waals surface area contributed by atoms with Gasteiger partial charge in [0.15, 0.2) is 0 Å². The molecule has 0 unspecified atom stereocenters. The maximum Gasteiger partial charge on any atom is 0.305 e. The van der Waals surface area contributed by atoms with E-state index < -0.39 is 0 Å². The molecule has 0 bridgehead atoms. The van der Waals surface area contributed by atoms with E-state index >= 15 is 0 Å². The Morgan fingerprint density at radius 1 is 0.222 bits per heavy atom. The van der Waals surface area contributed by atoms with Crippen molar-refractivity contribution in [2.45, 2.75) is 349 Å². The largest absolute Gasteiger partial charge is 0.466 e. The van der Waals surface area contributed by atoms with Crippen LogP contribution in [-0.2, 0) is 38.1 Å². The molecule has 0 heterocycles. The Labute approximate surface area is 447 Å². The zero-order valence-electron chi connectivity index (χ0n) is 48.6. The minimum atomic E-state index is -0.161. The summed E-state index contributed by atoms with van der Waals surface area (Å²) in [6.45, 7) is 10.9. The number of hydrogen-bond donors (Lipinski definition) is 0. The van der Waals surface area contributed by atoms with Gasteiger partial charge in [0.1, 0.15) is 0 Å². The van der Waals surface area contributed by atoms with Crippen LogP contribution in [0.2, 0.25) is 0 Å². The van der Waals surface area contributed by atoms with E-state index in [4.69, 9.17) is 18.9 Å². The fraction of sp³-hybridized carbons (Fsp3) is 0.938. The molecule has 0 amide bonds. The van der Waals surface area contributed by atoms with Gasteiger partial charge in [0.05, 0.1) is 26.4 Å². The Kier molecular flexibility index (Phi) is 56.4. The van der Waals surface area contributed by atoms with Crippen molar-refractivity contribution in [1.82, 2.24) is 0 Å². The molecular weight excluding hydrogens is 897 g/mol. The van der Waals surface area contributed by atoms with Crippen molar-refractivity contribution >= 4 is 23.9 Å². The molecule has 8 nitrogen and oxygen atoms in total. The summed E-state index contributed by atoms with van der Waals surface area (Å²) in [5, 5.41) is 0. The van der Waals surface area contributed by atoms with Crippen LogP contribution in [0.25, 0.3) is 0 Å². The van der Waals surface area contributed by atoms with Gasteiger partial charge in [0.25, 0.3) is 0 Å². The summed E-state index contributed by atoms with van der Waals surface area (Å²) in [7, 11) is 0. The smallest absolute Gasteiger partial charge is 0.305 e. The molecule has 8 heteroatoms. The van der Waals surface area contributed by atoms with Crippen LogP contribution >= 0.6 is 0 Å². The lowest BCUT2D eigenvalue weighted by atomic mass is 9.85. The summed E-state index contributed by atoms with van der Waals surface area (Å²) in [6.07, 6.45) is 55.1. The summed E-state index contributed by atoms with van der Waals surface area (Å²) in [4.78, 5) is 51.9. The Morgan fingerprint density at radius 2 is 0.375 bits per heavy atom. The van der Waals surface area contributed by atoms with Crippen LogP contribution in [0.4, 0.5) is 0 Å².